The number of rotatable bonds is 6. The largest absolute Gasteiger partial charge is 0.177 e. The van der Waals surface area contributed by atoms with Crippen LogP contribution in [0.25, 0.3) is 0 Å². The predicted octanol–water partition coefficient (Wildman–Crippen LogP) is 17.3. The van der Waals surface area contributed by atoms with Crippen molar-refractivity contribution in [2.45, 2.75) is 206 Å². The van der Waals surface area contributed by atoms with Gasteiger partial charge in [-0.3, -0.25) is 0 Å². The fourth-order valence-electron chi connectivity index (χ4n) is 5.20. The van der Waals surface area contributed by atoms with Crippen LogP contribution in [0.15, 0.2) is 60.7 Å². The highest BCUT2D eigenvalue weighted by atomic mass is 32.1. The summed E-state index contributed by atoms with van der Waals surface area (Å²) in [4.78, 5) is 0. The molecule has 0 aliphatic heterocycles. The second-order valence-corrected chi connectivity index (χ2v) is 14.9. The van der Waals surface area contributed by atoms with Crippen LogP contribution >= 0.6 is 25.3 Å². The summed E-state index contributed by atoms with van der Waals surface area (Å²) in [6.07, 6.45) is 19.4. The molecule has 2 aliphatic carbocycles. The minimum atomic E-state index is 0. The molecule has 4 rings (SSSR count). The number of hydrogen-bond donors (Lipinski definition) is 2. The molecule has 49 heavy (non-hydrogen) atoms. The first-order valence-corrected chi connectivity index (χ1v) is 20.6. The number of unbranched alkanes of at least 4 members (excludes halogenated alkanes) is 1. The van der Waals surface area contributed by atoms with Gasteiger partial charge in [-0.2, -0.15) is 25.3 Å². The van der Waals surface area contributed by atoms with Gasteiger partial charge in [-0.15, -0.1) is 0 Å². The van der Waals surface area contributed by atoms with E-state index >= 15 is 0 Å². The van der Waals surface area contributed by atoms with Gasteiger partial charge in [0.05, 0.1) is 0 Å². The molecule has 0 N–H and O–H groups in total. The zero-order valence-electron chi connectivity index (χ0n) is 33.0. The van der Waals surface area contributed by atoms with Crippen LogP contribution in [-0.2, 0) is 12.8 Å². The lowest BCUT2D eigenvalue weighted by molar-refractivity contribution is 0.227. The maximum absolute atomic E-state index is 4.65. The Balaban J connectivity index is -0.000000114. The van der Waals surface area contributed by atoms with Gasteiger partial charge in [0, 0.05) is 5.25 Å². The van der Waals surface area contributed by atoms with E-state index in [1.165, 1.54) is 88.2 Å². The van der Waals surface area contributed by atoms with Crippen molar-refractivity contribution in [1.29, 1.82) is 0 Å². The molecule has 2 fully saturated rings. The van der Waals surface area contributed by atoms with E-state index in [4.69, 9.17) is 0 Å². The molecule has 0 saturated heterocycles. The van der Waals surface area contributed by atoms with Gasteiger partial charge >= 0.3 is 0 Å². The number of thiol groups is 2. The second-order valence-electron chi connectivity index (χ2n) is 13.2. The van der Waals surface area contributed by atoms with Gasteiger partial charge in [-0.25, -0.2) is 0 Å². The fraction of sp³-hybridized carbons (Fsp3) is 0.745. The van der Waals surface area contributed by atoms with Crippen molar-refractivity contribution in [3.05, 3.63) is 71.8 Å². The van der Waals surface area contributed by atoms with Crippen LogP contribution in [0.5, 0.6) is 0 Å². The first kappa shape index (κ1) is 60.2. The average molecular weight is 723 g/mol. The van der Waals surface area contributed by atoms with Gasteiger partial charge < -0.3 is 0 Å². The summed E-state index contributed by atoms with van der Waals surface area (Å²) in [5, 5.41) is 1.19. The first-order valence-electron chi connectivity index (χ1n) is 19.5. The van der Waals surface area contributed by atoms with Crippen molar-refractivity contribution in [3.8, 4) is 0 Å². The Labute approximate surface area is 325 Å². The topological polar surface area (TPSA) is 0 Å². The lowest BCUT2D eigenvalue weighted by atomic mass is 9.76. The van der Waals surface area contributed by atoms with E-state index in [9.17, 15) is 0 Å². The molecule has 0 bridgehead atoms. The van der Waals surface area contributed by atoms with Gasteiger partial charge in [0.1, 0.15) is 0 Å². The second kappa shape index (κ2) is 45.2. The maximum atomic E-state index is 4.65. The van der Waals surface area contributed by atoms with E-state index in [0.717, 1.165) is 36.5 Å². The summed E-state index contributed by atoms with van der Waals surface area (Å²) in [5.41, 5.74) is 2.82. The van der Waals surface area contributed by atoms with Crippen molar-refractivity contribution in [2.24, 2.45) is 23.7 Å². The van der Waals surface area contributed by atoms with Crippen LogP contribution in [0.2, 0.25) is 0 Å². The average Bonchev–Trinajstić information content (AvgIpc) is 3.11. The zero-order chi connectivity index (χ0) is 35.6. The maximum Gasteiger partial charge on any atom is 0.00451 e. The molecule has 0 spiro atoms. The van der Waals surface area contributed by atoms with Crippen LogP contribution in [0, 0.1) is 23.7 Å². The molecular weight excluding hydrogens is 629 g/mol. The molecule has 4 unspecified atom stereocenters. The van der Waals surface area contributed by atoms with Crippen LogP contribution in [0.1, 0.15) is 194 Å². The van der Waals surface area contributed by atoms with Gasteiger partial charge in [0.15, 0.2) is 0 Å². The number of benzene rings is 2. The van der Waals surface area contributed by atoms with E-state index < -0.39 is 0 Å². The molecule has 0 aromatic heterocycles. The van der Waals surface area contributed by atoms with E-state index in [0.29, 0.717) is 10.5 Å². The van der Waals surface area contributed by atoms with E-state index in [2.05, 4.69) is 129 Å². The normalized spacial score (nSPS) is 18.0. The summed E-state index contributed by atoms with van der Waals surface area (Å²) in [7, 11) is 0. The van der Waals surface area contributed by atoms with Crippen LogP contribution in [-0.4, -0.2) is 10.5 Å². The number of hydrogen-bond acceptors (Lipinski definition) is 2. The minimum absolute atomic E-state index is 0. The summed E-state index contributed by atoms with van der Waals surface area (Å²) >= 11 is 8.61. The van der Waals surface area contributed by atoms with E-state index in [1.54, 1.807) is 0 Å². The number of aryl methyl sites for hydroxylation is 2. The van der Waals surface area contributed by atoms with Crippen molar-refractivity contribution in [2.75, 3.05) is 0 Å². The summed E-state index contributed by atoms with van der Waals surface area (Å²) in [5.74, 6) is 3.79. The highest BCUT2D eigenvalue weighted by molar-refractivity contribution is 7.81. The Morgan fingerprint density at radius 2 is 1.02 bits per heavy atom. The smallest absolute Gasteiger partial charge is 0.00451 e. The molecule has 2 heteroatoms. The van der Waals surface area contributed by atoms with Crippen molar-refractivity contribution >= 4 is 25.3 Å². The predicted molar refractivity (Wildman–Crippen MR) is 243 cm³/mol. The lowest BCUT2D eigenvalue weighted by Gasteiger charge is -2.34. The van der Waals surface area contributed by atoms with E-state index in [1.807, 2.05) is 39.8 Å². The van der Waals surface area contributed by atoms with Crippen LogP contribution < -0.4 is 0 Å². The molecule has 2 aromatic rings. The molecule has 2 aliphatic rings. The third-order valence-corrected chi connectivity index (χ3v) is 9.67. The van der Waals surface area contributed by atoms with Gasteiger partial charge in [-0.05, 0) is 72.2 Å². The SMILES string of the molecule is C.C.C.CC.CC(C)S.CCC(C)C1CCC(C)C(S)C1.CCC1CCCCC1.CCCC.CCc1ccccc1.CCc1ccccc1. The Morgan fingerprint density at radius 3 is 1.27 bits per heavy atom. The van der Waals surface area contributed by atoms with E-state index in [-0.39, 0.29) is 22.3 Å². The Kier molecular flexibility index (Phi) is 55.5. The molecule has 2 saturated carbocycles. The van der Waals surface area contributed by atoms with Crippen molar-refractivity contribution in [1.82, 2.24) is 0 Å². The molecule has 0 amide bonds. The summed E-state index contributed by atoms with van der Waals surface area (Å²) < 4.78 is 0. The summed E-state index contributed by atoms with van der Waals surface area (Å²) in [6.45, 7) is 26.1. The standard InChI is InChI=1S/C11H22S.C8H16.2C8H10.C4H10.C3H8S.C2H6.3CH4/c1-4-8(2)10-6-5-9(3)11(12)7-10;3*1-2-8-6-4-3-5-7-8;1-3-4-2;1-3(2)4;1-2;;;/h8-12H,4-7H2,1-3H3;8H,2-7H2,1H3;2*3-7H,2H2,1H3;3-4H2,1-2H3;3-4H,1-2H3;1-2H3;3*1H4. The van der Waals surface area contributed by atoms with Gasteiger partial charge in [0.2, 0.25) is 0 Å². The molecule has 2 aromatic carbocycles. The Hall–Kier alpha value is -0.860. The van der Waals surface area contributed by atoms with Crippen molar-refractivity contribution in [3.63, 3.8) is 0 Å². The molecule has 4 atom stereocenters. The monoisotopic (exact) mass is 723 g/mol. The van der Waals surface area contributed by atoms with Crippen molar-refractivity contribution < 1.29 is 0 Å². The highest BCUT2D eigenvalue weighted by Crippen LogP contribution is 2.36. The Bertz CT molecular complexity index is 753. The Morgan fingerprint density at radius 1 is 0.633 bits per heavy atom. The van der Waals surface area contributed by atoms with Gasteiger partial charge in [-0.1, -0.05) is 224 Å². The quantitative estimate of drug-likeness (QED) is 0.273. The minimum Gasteiger partial charge on any atom is -0.177 e. The first-order chi connectivity index (χ1) is 22.1. The van der Waals surface area contributed by atoms with Crippen LogP contribution in [0.3, 0.4) is 0 Å². The lowest BCUT2D eigenvalue weighted by Crippen LogP contribution is -2.26. The molecule has 0 heterocycles. The molecule has 0 radical (unpaired) electrons. The third-order valence-electron chi connectivity index (χ3n) is 8.95. The third kappa shape index (κ3) is 39.8. The fourth-order valence-corrected chi connectivity index (χ4v) is 5.62. The summed E-state index contributed by atoms with van der Waals surface area (Å²) in [6, 6.07) is 20.9. The van der Waals surface area contributed by atoms with Crippen LogP contribution in [0.4, 0.5) is 0 Å². The van der Waals surface area contributed by atoms with Gasteiger partial charge in [0.25, 0.3) is 0 Å². The highest BCUT2D eigenvalue weighted by Gasteiger charge is 2.27. The molecular formula is C47H94S2. The molecule has 0 nitrogen and oxygen atoms in total. The molecule has 294 valence electrons. The zero-order valence-corrected chi connectivity index (χ0v) is 34.8.